The molecule has 2 rings (SSSR count). The summed E-state index contributed by atoms with van der Waals surface area (Å²) >= 11 is 0. The first-order valence-electron chi connectivity index (χ1n) is 9.69. The molecule has 2 aromatic carbocycles. The second-order valence-electron chi connectivity index (χ2n) is 6.86. The van der Waals surface area contributed by atoms with Gasteiger partial charge in [0.25, 0.3) is 5.91 Å². The molecule has 0 aliphatic rings. The van der Waals surface area contributed by atoms with Crippen LogP contribution in [0.25, 0.3) is 0 Å². The Labute approximate surface area is 176 Å². The van der Waals surface area contributed by atoms with E-state index in [0.717, 1.165) is 12.8 Å². The highest BCUT2D eigenvalue weighted by Crippen LogP contribution is 2.28. The summed E-state index contributed by atoms with van der Waals surface area (Å²) in [4.78, 5) is 35.3. The van der Waals surface area contributed by atoms with Crippen molar-refractivity contribution in [3.8, 4) is 11.5 Å². The van der Waals surface area contributed by atoms with Crippen LogP contribution in [0.5, 0.6) is 11.5 Å². The molecule has 0 spiro atoms. The quantitative estimate of drug-likeness (QED) is 0.450. The summed E-state index contributed by atoms with van der Waals surface area (Å²) in [5.74, 6) is -0.519. The number of carbonyl (C=O) groups is 3. The van der Waals surface area contributed by atoms with Crippen LogP contribution < -0.4 is 14.8 Å². The fourth-order valence-electron chi connectivity index (χ4n) is 2.75. The molecule has 0 radical (unpaired) electrons. The van der Waals surface area contributed by atoms with E-state index in [1.54, 1.807) is 12.1 Å². The number of ether oxygens (including phenoxy) is 3. The Morgan fingerprint density at radius 1 is 1.00 bits per heavy atom. The predicted octanol–water partition coefficient (Wildman–Crippen LogP) is 2.96. The van der Waals surface area contributed by atoms with Crippen molar-refractivity contribution in [3.05, 3.63) is 59.7 Å². The van der Waals surface area contributed by atoms with Crippen LogP contribution in [-0.4, -0.2) is 44.0 Å². The lowest BCUT2D eigenvalue weighted by Gasteiger charge is -2.14. The first-order chi connectivity index (χ1) is 14.4. The van der Waals surface area contributed by atoms with E-state index in [4.69, 9.17) is 14.2 Å². The number of hydrogen-bond acceptors (Lipinski definition) is 6. The summed E-state index contributed by atoms with van der Waals surface area (Å²) in [6.07, 6.45) is 1.63. The van der Waals surface area contributed by atoms with Gasteiger partial charge in [-0.3, -0.25) is 9.59 Å². The van der Waals surface area contributed by atoms with Crippen molar-refractivity contribution >= 4 is 17.7 Å². The van der Waals surface area contributed by atoms with Crippen LogP contribution in [-0.2, 0) is 20.7 Å². The van der Waals surface area contributed by atoms with Crippen molar-refractivity contribution in [1.29, 1.82) is 0 Å². The highest BCUT2D eigenvalue weighted by atomic mass is 16.6. The van der Waals surface area contributed by atoms with Gasteiger partial charge in [-0.05, 0) is 50.5 Å². The number of hydrogen-bond donors (Lipinski definition) is 1. The first-order valence-corrected chi connectivity index (χ1v) is 9.69. The molecular formula is C23H27NO6. The van der Waals surface area contributed by atoms with Crippen molar-refractivity contribution in [2.45, 2.75) is 32.7 Å². The molecule has 0 aromatic heterocycles. The van der Waals surface area contributed by atoms with E-state index < -0.39 is 5.97 Å². The van der Waals surface area contributed by atoms with Gasteiger partial charge < -0.3 is 19.5 Å². The lowest BCUT2D eigenvalue weighted by Crippen LogP contribution is -2.36. The molecule has 0 heterocycles. The van der Waals surface area contributed by atoms with E-state index in [9.17, 15) is 14.4 Å². The zero-order chi connectivity index (χ0) is 21.9. The number of benzene rings is 2. The summed E-state index contributed by atoms with van der Waals surface area (Å²) in [7, 11) is 1.44. The van der Waals surface area contributed by atoms with E-state index in [0.29, 0.717) is 17.1 Å². The molecule has 0 saturated heterocycles. The fourth-order valence-corrected chi connectivity index (χ4v) is 2.75. The molecule has 30 heavy (non-hydrogen) atoms. The molecule has 0 aliphatic heterocycles. The van der Waals surface area contributed by atoms with Gasteiger partial charge in [0, 0.05) is 11.6 Å². The van der Waals surface area contributed by atoms with Gasteiger partial charge in [-0.25, -0.2) is 4.79 Å². The van der Waals surface area contributed by atoms with Gasteiger partial charge in [-0.1, -0.05) is 30.3 Å². The molecule has 0 fully saturated rings. The molecular weight excluding hydrogens is 386 g/mol. The van der Waals surface area contributed by atoms with E-state index in [-0.39, 0.29) is 30.9 Å². The predicted molar refractivity (Wildman–Crippen MR) is 112 cm³/mol. The zero-order valence-electron chi connectivity index (χ0n) is 17.5. The van der Waals surface area contributed by atoms with Crippen LogP contribution in [0, 0.1) is 0 Å². The van der Waals surface area contributed by atoms with Crippen LogP contribution in [0.15, 0.2) is 48.5 Å². The van der Waals surface area contributed by atoms with Crippen molar-refractivity contribution in [1.82, 2.24) is 5.32 Å². The minimum atomic E-state index is -0.681. The van der Waals surface area contributed by atoms with Crippen molar-refractivity contribution < 1.29 is 28.6 Å². The zero-order valence-corrected chi connectivity index (χ0v) is 17.5. The monoisotopic (exact) mass is 413 g/mol. The Morgan fingerprint density at radius 2 is 1.73 bits per heavy atom. The maximum absolute atomic E-state index is 12.0. The average molecular weight is 413 g/mol. The van der Waals surface area contributed by atoms with Gasteiger partial charge in [-0.2, -0.15) is 0 Å². The van der Waals surface area contributed by atoms with Gasteiger partial charge in [0.15, 0.2) is 30.5 Å². The first kappa shape index (κ1) is 22.9. The topological polar surface area (TPSA) is 90.9 Å². The third kappa shape index (κ3) is 7.58. The van der Waals surface area contributed by atoms with Crippen molar-refractivity contribution in [2.75, 3.05) is 20.3 Å². The number of nitrogens with one attached hydrogen (secondary N) is 1. The minimum Gasteiger partial charge on any atom is -0.493 e. The number of esters is 1. The number of ketones is 1. The third-order valence-corrected chi connectivity index (χ3v) is 4.40. The van der Waals surface area contributed by atoms with Crippen molar-refractivity contribution in [2.24, 2.45) is 0 Å². The highest BCUT2D eigenvalue weighted by Gasteiger charge is 2.13. The second kappa shape index (κ2) is 11.6. The minimum absolute atomic E-state index is 0.0447. The molecule has 7 nitrogen and oxygen atoms in total. The molecule has 160 valence electrons. The van der Waals surface area contributed by atoms with E-state index >= 15 is 0 Å². The van der Waals surface area contributed by atoms with Crippen LogP contribution in [0.4, 0.5) is 0 Å². The second-order valence-corrected chi connectivity index (χ2v) is 6.86. The van der Waals surface area contributed by atoms with Crippen LogP contribution in [0.2, 0.25) is 0 Å². The molecule has 1 amide bonds. The number of carbonyl (C=O) groups excluding carboxylic acids is 3. The molecule has 2 aromatic rings. The van der Waals surface area contributed by atoms with E-state index in [1.807, 2.05) is 37.3 Å². The molecule has 0 unspecified atom stereocenters. The Hall–Kier alpha value is -3.35. The smallest absolute Gasteiger partial charge is 0.344 e. The normalized spacial score (nSPS) is 11.3. The number of amides is 1. The maximum Gasteiger partial charge on any atom is 0.344 e. The molecule has 7 heteroatoms. The molecule has 0 aliphatic carbocycles. The fraction of sp³-hybridized carbons (Fsp3) is 0.348. The summed E-state index contributed by atoms with van der Waals surface area (Å²) in [5.41, 5.74) is 1.67. The average Bonchev–Trinajstić information content (AvgIpc) is 2.75. The lowest BCUT2D eigenvalue weighted by molar-refractivity contribution is -0.150. The van der Waals surface area contributed by atoms with Gasteiger partial charge in [0.2, 0.25) is 0 Å². The molecule has 0 saturated carbocycles. The van der Waals surface area contributed by atoms with Crippen molar-refractivity contribution in [3.63, 3.8) is 0 Å². The standard InChI is InChI=1S/C23H27NO6/c1-16(9-10-18-7-5-4-6-8-18)24-22(26)14-30-23(27)15-29-20-12-11-19(17(2)25)13-21(20)28-3/h4-8,11-13,16H,9-10,14-15H2,1-3H3,(H,24,26)/t16-/m1/s1. The SMILES string of the molecule is COc1cc(C(C)=O)ccc1OCC(=O)OCC(=O)N[C@H](C)CCc1ccccc1. The summed E-state index contributed by atoms with van der Waals surface area (Å²) in [6.45, 7) is 2.59. The molecule has 0 bridgehead atoms. The van der Waals surface area contributed by atoms with E-state index in [2.05, 4.69) is 5.32 Å². The Bertz CT molecular complexity index is 865. The molecule has 1 N–H and O–H groups in total. The van der Waals surface area contributed by atoms with Crippen LogP contribution in [0.3, 0.4) is 0 Å². The summed E-state index contributed by atoms with van der Waals surface area (Å²) < 4.78 is 15.5. The van der Waals surface area contributed by atoms with Gasteiger partial charge in [-0.15, -0.1) is 0 Å². The highest BCUT2D eigenvalue weighted by molar-refractivity contribution is 5.94. The number of rotatable bonds is 11. The number of methoxy groups -OCH3 is 1. The molecule has 1 atom stereocenters. The third-order valence-electron chi connectivity index (χ3n) is 4.40. The Morgan fingerprint density at radius 3 is 2.40 bits per heavy atom. The largest absolute Gasteiger partial charge is 0.493 e. The van der Waals surface area contributed by atoms with Crippen LogP contribution >= 0.6 is 0 Å². The van der Waals surface area contributed by atoms with Gasteiger partial charge in [0.1, 0.15) is 0 Å². The summed E-state index contributed by atoms with van der Waals surface area (Å²) in [6, 6.07) is 14.6. The lowest BCUT2D eigenvalue weighted by atomic mass is 10.1. The summed E-state index contributed by atoms with van der Waals surface area (Å²) in [5, 5.41) is 2.81. The Kier molecular flexibility index (Phi) is 8.87. The number of aryl methyl sites for hydroxylation is 1. The van der Waals surface area contributed by atoms with Gasteiger partial charge in [0.05, 0.1) is 7.11 Å². The Balaban J connectivity index is 1.71. The number of Topliss-reactive ketones (excluding diaryl/α,β-unsaturated/α-hetero) is 1. The van der Waals surface area contributed by atoms with Gasteiger partial charge >= 0.3 is 5.97 Å². The maximum atomic E-state index is 12.0. The van der Waals surface area contributed by atoms with E-state index in [1.165, 1.54) is 25.7 Å². The van der Waals surface area contributed by atoms with Crippen LogP contribution in [0.1, 0.15) is 36.2 Å².